The molecule has 7 heteroatoms. The van der Waals surface area contributed by atoms with Gasteiger partial charge in [-0.2, -0.15) is 5.10 Å². The van der Waals surface area contributed by atoms with Gasteiger partial charge in [-0.25, -0.2) is 4.98 Å². The fourth-order valence-electron chi connectivity index (χ4n) is 2.13. The van der Waals surface area contributed by atoms with Crippen molar-refractivity contribution in [2.45, 2.75) is 39.7 Å². The van der Waals surface area contributed by atoms with Gasteiger partial charge in [0, 0.05) is 15.7 Å². The minimum atomic E-state index is -0.196. The average molecular weight is 361 g/mol. The van der Waals surface area contributed by atoms with Gasteiger partial charge in [-0.15, -0.1) is 22.7 Å². The number of carbonyl (C=O) groups is 1. The van der Waals surface area contributed by atoms with Gasteiger partial charge >= 0.3 is 0 Å². The van der Waals surface area contributed by atoms with Crippen LogP contribution >= 0.6 is 22.7 Å². The Balaban J connectivity index is 1.63. The van der Waals surface area contributed by atoms with E-state index in [1.165, 1.54) is 4.88 Å². The lowest BCUT2D eigenvalue weighted by Crippen LogP contribution is -2.23. The predicted molar refractivity (Wildman–Crippen MR) is 98.6 cm³/mol. The molecule has 0 aromatic carbocycles. The Bertz CT molecular complexity index is 854. The minimum absolute atomic E-state index is 0.0225. The Morgan fingerprint density at radius 1 is 1.33 bits per heavy atom. The van der Waals surface area contributed by atoms with E-state index in [2.05, 4.69) is 54.3 Å². The Kier molecular flexibility index (Phi) is 4.56. The highest BCUT2D eigenvalue weighted by Crippen LogP contribution is 2.26. The van der Waals surface area contributed by atoms with Crippen molar-refractivity contribution in [1.29, 1.82) is 0 Å². The van der Waals surface area contributed by atoms with Gasteiger partial charge in [0.15, 0.2) is 5.69 Å². The van der Waals surface area contributed by atoms with Crippen molar-refractivity contribution in [3.63, 3.8) is 0 Å². The number of aryl methyl sites for hydroxylation is 1. The zero-order chi connectivity index (χ0) is 17.3. The van der Waals surface area contributed by atoms with Crippen molar-refractivity contribution >= 4 is 28.6 Å². The van der Waals surface area contributed by atoms with Crippen LogP contribution in [0, 0.1) is 6.92 Å². The zero-order valence-corrected chi connectivity index (χ0v) is 15.8. The van der Waals surface area contributed by atoms with E-state index < -0.39 is 0 Å². The van der Waals surface area contributed by atoms with Crippen LogP contribution in [0.25, 0.3) is 10.6 Å². The van der Waals surface area contributed by atoms with Crippen LogP contribution in [0.3, 0.4) is 0 Å². The fourth-order valence-corrected chi connectivity index (χ4v) is 3.92. The van der Waals surface area contributed by atoms with E-state index in [4.69, 9.17) is 0 Å². The van der Waals surface area contributed by atoms with Crippen molar-refractivity contribution in [1.82, 2.24) is 20.5 Å². The molecule has 0 unspecified atom stereocenters. The van der Waals surface area contributed by atoms with Crippen molar-refractivity contribution in [3.8, 4) is 10.6 Å². The Morgan fingerprint density at radius 3 is 2.75 bits per heavy atom. The van der Waals surface area contributed by atoms with Crippen LogP contribution in [0.1, 0.15) is 46.8 Å². The molecule has 1 amide bonds. The van der Waals surface area contributed by atoms with Crippen LogP contribution in [-0.4, -0.2) is 21.1 Å². The van der Waals surface area contributed by atoms with E-state index in [9.17, 15) is 4.79 Å². The van der Waals surface area contributed by atoms with E-state index >= 15 is 0 Å². The molecule has 0 spiro atoms. The lowest BCUT2D eigenvalue weighted by atomic mass is 9.93. The van der Waals surface area contributed by atoms with E-state index in [1.807, 2.05) is 11.4 Å². The predicted octanol–water partition coefficient (Wildman–Crippen LogP) is 4.13. The highest BCUT2D eigenvalue weighted by Gasteiger charge is 2.18. The number of carbonyl (C=O) groups excluding carboxylic acids is 1. The number of amides is 1. The lowest BCUT2D eigenvalue weighted by Gasteiger charge is -2.14. The molecule has 0 atom stereocenters. The van der Waals surface area contributed by atoms with E-state index in [1.54, 1.807) is 28.7 Å². The maximum Gasteiger partial charge on any atom is 0.272 e. The molecule has 3 heterocycles. The van der Waals surface area contributed by atoms with Gasteiger partial charge < -0.3 is 5.32 Å². The number of thiazole rings is 1. The van der Waals surface area contributed by atoms with Crippen LogP contribution < -0.4 is 5.32 Å². The topological polar surface area (TPSA) is 70.7 Å². The molecule has 126 valence electrons. The van der Waals surface area contributed by atoms with Gasteiger partial charge in [-0.1, -0.05) is 20.8 Å². The minimum Gasteiger partial charge on any atom is -0.344 e. The van der Waals surface area contributed by atoms with E-state index in [0.717, 1.165) is 21.3 Å². The SMILES string of the molecule is Cc1ccc(-c2cc(C(=O)NCc3nc(C(C)(C)C)cs3)n[nH]2)s1. The molecule has 0 saturated heterocycles. The summed E-state index contributed by atoms with van der Waals surface area (Å²) >= 11 is 3.24. The van der Waals surface area contributed by atoms with Crippen LogP contribution in [0.15, 0.2) is 23.6 Å². The first-order valence-electron chi connectivity index (χ1n) is 7.68. The molecule has 0 saturated carbocycles. The van der Waals surface area contributed by atoms with E-state index in [-0.39, 0.29) is 11.3 Å². The highest BCUT2D eigenvalue weighted by molar-refractivity contribution is 7.15. The zero-order valence-electron chi connectivity index (χ0n) is 14.1. The van der Waals surface area contributed by atoms with Gasteiger partial charge in [0.1, 0.15) is 5.01 Å². The summed E-state index contributed by atoms with van der Waals surface area (Å²) in [5, 5.41) is 12.9. The van der Waals surface area contributed by atoms with Crippen LogP contribution in [-0.2, 0) is 12.0 Å². The third kappa shape index (κ3) is 3.73. The summed E-state index contributed by atoms with van der Waals surface area (Å²) < 4.78 is 0. The quantitative estimate of drug-likeness (QED) is 0.735. The van der Waals surface area contributed by atoms with Gasteiger partial charge in [-0.3, -0.25) is 9.89 Å². The number of rotatable bonds is 4. The van der Waals surface area contributed by atoms with Crippen LogP contribution in [0.2, 0.25) is 0 Å². The maximum atomic E-state index is 12.3. The molecular formula is C17H20N4OS2. The summed E-state index contributed by atoms with van der Waals surface area (Å²) in [7, 11) is 0. The molecule has 3 aromatic rings. The molecule has 2 N–H and O–H groups in total. The summed E-state index contributed by atoms with van der Waals surface area (Å²) in [6.45, 7) is 8.85. The van der Waals surface area contributed by atoms with Crippen molar-refractivity contribution < 1.29 is 4.79 Å². The molecule has 3 aromatic heterocycles. The third-order valence-corrected chi connectivity index (χ3v) is 5.42. The number of nitrogens with one attached hydrogen (secondary N) is 2. The number of aromatic amines is 1. The molecule has 0 fully saturated rings. The van der Waals surface area contributed by atoms with Crippen molar-refractivity contribution in [2.75, 3.05) is 0 Å². The summed E-state index contributed by atoms with van der Waals surface area (Å²) in [6.07, 6.45) is 0. The van der Waals surface area contributed by atoms with Gasteiger partial charge in [0.2, 0.25) is 0 Å². The first-order chi connectivity index (χ1) is 11.3. The Labute approximate surface area is 149 Å². The number of hydrogen-bond donors (Lipinski definition) is 2. The largest absolute Gasteiger partial charge is 0.344 e. The molecule has 0 aliphatic heterocycles. The summed E-state index contributed by atoms with van der Waals surface area (Å²) in [5.74, 6) is -0.196. The average Bonchev–Trinajstić information content (AvgIpc) is 3.23. The smallest absolute Gasteiger partial charge is 0.272 e. The number of thiophene rings is 1. The highest BCUT2D eigenvalue weighted by atomic mass is 32.1. The molecule has 0 bridgehead atoms. The summed E-state index contributed by atoms with van der Waals surface area (Å²) in [6, 6.07) is 5.86. The second-order valence-corrected chi connectivity index (χ2v) is 8.87. The Hall–Kier alpha value is -1.99. The van der Waals surface area contributed by atoms with Crippen LogP contribution in [0.5, 0.6) is 0 Å². The van der Waals surface area contributed by atoms with Gasteiger partial charge in [0.05, 0.1) is 22.8 Å². The second-order valence-electron chi connectivity index (χ2n) is 6.64. The number of H-pyrrole nitrogens is 1. The van der Waals surface area contributed by atoms with Crippen molar-refractivity contribution in [2.24, 2.45) is 0 Å². The van der Waals surface area contributed by atoms with Crippen molar-refractivity contribution in [3.05, 3.63) is 44.9 Å². The molecule has 3 rings (SSSR count). The molecule has 24 heavy (non-hydrogen) atoms. The number of hydrogen-bond acceptors (Lipinski definition) is 5. The fraction of sp³-hybridized carbons (Fsp3) is 0.353. The maximum absolute atomic E-state index is 12.3. The van der Waals surface area contributed by atoms with Gasteiger partial charge in [0.25, 0.3) is 5.91 Å². The molecule has 0 aliphatic rings. The lowest BCUT2D eigenvalue weighted by molar-refractivity contribution is 0.0946. The third-order valence-electron chi connectivity index (χ3n) is 3.54. The molecule has 5 nitrogen and oxygen atoms in total. The van der Waals surface area contributed by atoms with Gasteiger partial charge in [-0.05, 0) is 25.1 Å². The van der Waals surface area contributed by atoms with Crippen LogP contribution in [0.4, 0.5) is 0 Å². The number of nitrogens with zero attached hydrogens (tertiary/aromatic N) is 2. The normalized spacial score (nSPS) is 11.7. The summed E-state index contributed by atoms with van der Waals surface area (Å²) in [5.41, 5.74) is 2.33. The molecular weight excluding hydrogens is 340 g/mol. The number of aromatic nitrogens is 3. The first kappa shape index (κ1) is 16.9. The second kappa shape index (κ2) is 6.49. The molecule has 0 radical (unpaired) electrons. The standard InChI is InChI=1S/C17H20N4OS2/c1-10-5-6-13(24-10)11-7-12(21-20-11)16(22)18-8-15-19-14(9-23-15)17(2,3)4/h5-7,9H,8H2,1-4H3,(H,18,22)(H,20,21). The Morgan fingerprint density at radius 2 is 2.12 bits per heavy atom. The summed E-state index contributed by atoms with van der Waals surface area (Å²) in [4.78, 5) is 19.1. The monoisotopic (exact) mass is 360 g/mol. The first-order valence-corrected chi connectivity index (χ1v) is 9.38. The molecule has 0 aliphatic carbocycles. The van der Waals surface area contributed by atoms with E-state index in [0.29, 0.717) is 12.2 Å².